The van der Waals surface area contributed by atoms with E-state index in [1.54, 1.807) is 60.1 Å². The van der Waals surface area contributed by atoms with Crippen LogP contribution in [0.3, 0.4) is 0 Å². The van der Waals surface area contributed by atoms with Crippen LogP contribution in [0.1, 0.15) is 127 Å². The molecule has 0 N–H and O–H groups in total. The quantitative estimate of drug-likeness (QED) is 0.0405. The number of rotatable bonds is 25. The largest absolute Gasteiger partial charge is 0.454 e. The first-order chi connectivity index (χ1) is 36.5. The summed E-state index contributed by atoms with van der Waals surface area (Å²) in [7, 11) is -0.554. The minimum Gasteiger partial charge on any atom is -0.454 e. The van der Waals surface area contributed by atoms with E-state index in [0.717, 1.165) is 68.3 Å². The average molecular weight is 1060 g/mol. The monoisotopic (exact) mass is 1060 g/mol. The second-order valence-corrected chi connectivity index (χ2v) is 25.2. The van der Waals surface area contributed by atoms with Crippen molar-refractivity contribution in [3.63, 3.8) is 0 Å². The van der Waals surface area contributed by atoms with Crippen molar-refractivity contribution >= 4 is 72.5 Å². The molecule has 6 aromatic carbocycles. The van der Waals surface area contributed by atoms with E-state index in [-0.39, 0.29) is 3.91 Å². The molecule has 0 aliphatic carbocycles. The molecule has 2 aliphatic rings. The number of hydrogen-bond acceptors (Lipinski definition) is 11. The fraction of sp³-hybridized carbons (Fsp3) is 0.339. The Bertz CT molecular complexity index is 3100. The molecule has 0 amide bonds. The summed E-state index contributed by atoms with van der Waals surface area (Å²) in [6.07, 6.45) is 25.5. The molecule has 0 bridgehead atoms. The van der Waals surface area contributed by atoms with Gasteiger partial charge in [-0.2, -0.15) is 0 Å². The minimum absolute atomic E-state index is 0.0604. The van der Waals surface area contributed by atoms with Crippen molar-refractivity contribution in [2.24, 2.45) is 0 Å². The summed E-state index contributed by atoms with van der Waals surface area (Å²) in [6.45, 7) is 8.97. The van der Waals surface area contributed by atoms with E-state index in [1.165, 1.54) is 99.3 Å². The highest BCUT2D eigenvalue weighted by Crippen LogP contribution is 2.68. The molecule has 4 heterocycles. The maximum atomic E-state index is 7.13. The van der Waals surface area contributed by atoms with Gasteiger partial charge in [0.15, 0.2) is 23.0 Å². The van der Waals surface area contributed by atoms with Crippen LogP contribution in [-0.2, 0) is 25.7 Å². The van der Waals surface area contributed by atoms with Gasteiger partial charge in [0.05, 0.1) is 19.6 Å². The van der Waals surface area contributed by atoms with Crippen LogP contribution in [0.5, 0.6) is 46.0 Å². The molecule has 0 saturated heterocycles. The molecule has 382 valence electrons. The third-order valence-electron chi connectivity index (χ3n) is 13.5. The van der Waals surface area contributed by atoms with E-state index in [9.17, 15) is 0 Å². The number of thioether (sulfide) groups is 3. The van der Waals surface area contributed by atoms with Gasteiger partial charge in [-0.15, -0.1) is 10.5 Å². The number of fused-ring (bicyclic) bond motifs is 4. The summed E-state index contributed by atoms with van der Waals surface area (Å²) >= 11 is 5.27. The maximum absolute atomic E-state index is 7.13. The van der Waals surface area contributed by atoms with Crippen molar-refractivity contribution in [3.05, 3.63) is 144 Å². The Kier molecular flexibility index (Phi) is 17.8. The summed E-state index contributed by atoms with van der Waals surface area (Å²) in [5.74, 6) is 5.76. The molecule has 1 atom stereocenters. The second-order valence-electron chi connectivity index (χ2n) is 19.1. The fourth-order valence-corrected chi connectivity index (χ4v) is 17.8. The first kappa shape index (κ1) is 51.9. The van der Waals surface area contributed by atoms with Gasteiger partial charge in [-0.1, -0.05) is 163 Å². The highest BCUT2D eigenvalue weighted by molar-refractivity contribution is 8.45. The maximum Gasteiger partial charge on any atom is 0.170 e. The summed E-state index contributed by atoms with van der Waals surface area (Å²) in [5, 5.41) is 0. The van der Waals surface area contributed by atoms with E-state index in [2.05, 4.69) is 129 Å². The normalized spacial score (nSPS) is 14.0. The molecule has 8 nitrogen and oxygen atoms in total. The Labute approximate surface area is 452 Å². The lowest BCUT2D eigenvalue weighted by molar-refractivity contribution is 0.454. The predicted octanol–water partition coefficient (Wildman–Crippen LogP) is 19.3. The van der Waals surface area contributed by atoms with Crippen molar-refractivity contribution in [2.75, 3.05) is 0 Å². The van der Waals surface area contributed by atoms with Crippen LogP contribution in [-0.4, -0.2) is 28.5 Å². The van der Waals surface area contributed by atoms with E-state index in [1.807, 2.05) is 0 Å². The minimum atomic E-state index is -0.554. The summed E-state index contributed by atoms with van der Waals surface area (Å²) < 4.78 is 30.4. The Morgan fingerprint density at radius 3 is 1.00 bits per heavy atom. The van der Waals surface area contributed by atoms with Crippen LogP contribution in [0.15, 0.2) is 141 Å². The Morgan fingerprint density at radius 1 is 0.378 bits per heavy atom. The molecule has 0 fully saturated rings. The Morgan fingerprint density at radius 2 is 0.676 bits per heavy atom. The molecule has 12 heteroatoms. The van der Waals surface area contributed by atoms with E-state index < -0.39 is 10.5 Å². The molecule has 0 saturated carbocycles. The second kappa shape index (κ2) is 25.3. The molecule has 0 spiro atoms. The number of nitrogens with zero attached hydrogens (tertiary/aromatic N) is 4. The summed E-state index contributed by atoms with van der Waals surface area (Å²) in [4.78, 5) is 24.0. The molecular formula is C62H66N4O4S4. The summed E-state index contributed by atoms with van der Waals surface area (Å²) in [5.41, 5.74) is 7.86. The van der Waals surface area contributed by atoms with Crippen molar-refractivity contribution < 1.29 is 18.9 Å². The van der Waals surface area contributed by atoms with Gasteiger partial charge >= 0.3 is 0 Å². The zero-order valence-electron chi connectivity index (χ0n) is 43.1. The standard InChI is InChI=1S/C62H66N4O4S4/c1-5-9-13-17-42-21-29-46(30-22-42)67-54-50-51(64-38-37-63-50)55(68-47-31-23-43(24-32-47)18-14-10-6-2)59-58(54)72-62(73-59)74-41-71-60-56(69-48-33-25-44(26-34-48)19-15-11-7-3)52-53(66-40-39-65-52)57(61(60)74)70-49-35-27-45(28-36-49)20-16-12-8-4/h21-41,62H,5-20H2,1-4H3. The molecule has 0 radical (unpaired) electrons. The molecule has 1 unspecified atom stereocenters. The number of aryl methyl sites for hydroxylation is 4. The van der Waals surface area contributed by atoms with Gasteiger partial charge in [0.1, 0.15) is 49.0 Å². The van der Waals surface area contributed by atoms with Crippen molar-refractivity contribution in [1.29, 1.82) is 0 Å². The molecular weight excluding hydrogens is 993 g/mol. The first-order valence-corrected chi connectivity index (χ1v) is 30.7. The van der Waals surface area contributed by atoms with Crippen LogP contribution < -0.4 is 18.9 Å². The highest BCUT2D eigenvalue weighted by Gasteiger charge is 2.40. The first-order valence-electron chi connectivity index (χ1n) is 26.7. The van der Waals surface area contributed by atoms with Gasteiger partial charge in [0.25, 0.3) is 0 Å². The number of hydrogen-bond donors (Lipinski definition) is 0. The highest BCUT2D eigenvalue weighted by atomic mass is 32.3. The molecule has 8 aromatic rings. The Hall–Kier alpha value is -5.53. The average Bonchev–Trinajstić information content (AvgIpc) is 4.11. The van der Waals surface area contributed by atoms with Crippen LogP contribution >= 0.6 is 45.8 Å². The third kappa shape index (κ3) is 12.1. The molecule has 10 rings (SSSR count). The topological polar surface area (TPSA) is 88.5 Å². The number of ether oxygens (including phenoxy) is 4. The third-order valence-corrected chi connectivity index (χ3v) is 20.9. The smallest absolute Gasteiger partial charge is 0.170 e. The number of unbranched alkanes of at least 4 members (excludes halogenated alkanes) is 8. The van der Waals surface area contributed by atoms with E-state index in [0.29, 0.717) is 45.1 Å². The molecule has 2 aliphatic heterocycles. The lowest BCUT2D eigenvalue weighted by Crippen LogP contribution is -2.00. The van der Waals surface area contributed by atoms with Crippen molar-refractivity contribution in [3.8, 4) is 46.0 Å². The van der Waals surface area contributed by atoms with Gasteiger partial charge in [-0.25, -0.2) is 19.9 Å². The van der Waals surface area contributed by atoms with Crippen LogP contribution in [0.25, 0.3) is 22.1 Å². The van der Waals surface area contributed by atoms with Crippen molar-refractivity contribution in [1.82, 2.24) is 19.9 Å². The lowest BCUT2D eigenvalue weighted by atomic mass is 10.1. The van der Waals surface area contributed by atoms with Crippen molar-refractivity contribution in [2.45, 2.75) is 154 Å². The lowest BCUT2D eigenvalue weighted by Gasteiger charge is -2.21. The Balaban J connectivity index is 1.06. The van der Waals surface area contributed by atoms with E-state index >= 15 is 0 Å². The van der Waals surface area contributed by atoms with Gasteiger partial charge in [0, 0.05) is 29.5 Å². The summed E-state index contributed by atoms with van der Waals surface area (Å²) in [6, 6.07) is 34.2. The van der Waals surface area contributed by atoms with Gasteiger partial charge in [0.2, 0.25) is 0 Å². The van der Waals surface area contributed by atoms with Gasteiger partial charge in [-0.05, 0) is 122 Å². The van der Waals surface area contributed by atoms with Gasteiger partial charge < -0.3 is 18.9 Å². The van der Waals surface area contributed by atoms with Crippen LogP contribution in [0, 0.1) is 0 Å². The van der Waals surface area contributed by atoms with Gasteiger partial charge in [-0.3, -0.25) is 0 Å². The SMILES string of the molecule is CCCCCc1ccc(Oc2c3c(c(Oc4ccc(CCCCC)cc4)c4nccnc24)SC(S2=CSc4c2c(Oc2ccc(CCCCC)cc2)c2nccnc2c4Oc2ccc(CCCCC)cc2)S3)cc1. The van der Waals surface area contributed by atoms with E-state index in [4.69, 9.17) is 38.9 Å². The number of aromatic nitrogens is 4. The van der Waals surface area contributed by atoms with Crippen LogP contribution in [0.4, 0.5) is 0 Å². The molecule has 74 heavy (non-hydrogen) atoms. The predicted molar refractivity (Wildman–Crippen MR) is 311 cm³/mol. The molecule has 2 aromatic heterocycles. The number of benzene rings is 6. The zero-order chi connectivity index (χ0) is 50.6. The fourth-order valence-electron chi connectivity index (χ4n) is 9.39. The zero-order valence-corrected chi connectivity index (χ0v) is 46.3. The van der Waals surface area contributed by atoms with Crippen LogP contribution in [0.2, 0.25) is 0 Å².